The van der Waals surface area contributed by atoms with E-state index in [1.165, 1.54) is 11.1 Å². The van der Waals surface area contributed by atoms with E-state index in [1.807, 2.05) is 65.4 Å². The Hall–Kier alpha value is -3.92. The van der Waals surface area contributed by atoms with Crippen molar-refractivity contribution in [3.8, 4) is 16.8 Å². The molecule has 5 rings (SSSR count). The van der Waals surface area contributed by atoms with Crippen molar-refractivity contribution in [3.05, 3.63) is 114 Å². The summed E-state index contributed by atoms with van der Waals surface area (Å²) in [6, 6.07) is 24.3. The quantitative estimate of drug-likeness (QED) is 0.521. The van der Waals surface area contributed by atoms with E-state index in [4.69, 9.17) is 0 Å². The van der Waals surface area contributed by atoms with Crippen molar-refractivity contribution < 1.29 is 4.79 Å². The Bertz CT molecular complexity index is 1150. The molecule has 29 heavy (non-hydrogen) atoms. The monoisotopic (exact) mass is 377 g/mol. The molecule has 0 radical (unpaired) electrons. The molecule has 4 heteroatoms. The molecule has 140 valence electrons. The Kier molecular flexibility index (Phi) is 4.30. The highest BCUT2D eigenvalue weighted by Gasteiger charge is 2.28. The summed E-state index contributed by atoms with van der Waals surface area (Å²) in [5.41, 5.74) is 6.65. The van der Waals surface area contributed by atoms with Gasteiger partial charge in [0.25, 0.3) is 0 Å². The van der Waals surface area contributed by atoms with E-state index in [0.29, 0.717) is 0 Å². The second kappa shape index (κ2) is 7.24. The van der Waals surface area contributed by atoms with Gasteiger partial charge in [0.05, 0.1) is 12.4 Å². The van der Waals surface area contributed by atoms with Crippen molar-refractivity contribution in [2.75, 3.05) is 0 Å². The first-order chi connectivity index (χ1) is 14.3. The van der Waals surface area contributed by atoms with Gasteiger partial charge >= 0.3 is 0 Å². The van der Waals surface area contributed by atoms with Crippen LogP contribution >= 0.6 is 0 Å². The first-order valence-corrected chi connectivity index (χ1v) is 9.55. The highest BCUT2D eigenvalue weighted by Crippen LogP contribution is 2.42. The number of amides is 1. The van der Waals surface area contributed by atoms with Crippen molar-refractivity contribution in [3.63, 3.8) is 0 Å². The Morgan fingerprint density at radius 2 is 1.55 bits per heavy atom. The average Bonchev–Trinajstić information content (AvgIpc) is 3.41. The number of carbonyl (C=O) groups excluding carboxylic acids is 1. The second-order valence-electron chi connectivity index (χ2n) is 7.01. The van der Waals surface area contributed by atoms with Gasteiger partial charge in [-0.2, -0.15) is 0 Å². The molecule has 0 saturated carbocycles. The molecule has 4 nitrogen and oxygen atoms in total. The number of hydrogen-bond donors (Lipinski definition) is 1. The number of aromatic nitrogens is 2. The summed E-state index contributed by atoms with van der Waals surface area (Å²) in [5, 5.41) is 3.16. The van der Waals surface area contributed by atoms with Crippen LogP contribution in [0, 0.1) is 0 Å². The van der Waals surface area contributed by atoms with Crippen molar-refractivity contribution >= 4 is 12.0 Å². The predicted molar refractivity (Wildman–Crippen MR) is 114 cm³/mol. The summed E-state index contributed by atoms with van der Waals surface area (Å²) in [6.07, 6.45) is 8.83. The lowest BCUT2D eigenvalue weighted by molar-refractivity contribution is -0.116. The maximum Gasteiger partial charge on any atom is 0.244 e. The zero-order valence-electron chi connectivity index (χ0n) is 15.7. The molecular weight excluding hydrogens is 358 g/mol. The largest absolute Gasteiger partial charge is 0.342 e. The van der Waals surface area contributed by atoms with Gasteiger partial charge < -0.3 is 9.88 Å². The molecule has 0 unspecified atom stereocenters. The van der Waals surface area contributed by atoms with Crippen LogP contribution in [0.3, 0.4) is 0 Å². The predicted octanol–water partition coefficient (Wildman–Crippen LogP) is 4.77. The summed E-state index contributed by atoms with van der Waals surface area (Å²) in [6.45, 7) is 0. The molecule has 1 N–H and O–H groups in total. The van der Waals surface area contributed by atoms with E-state index >= 15 is 0 Å². The molecule has 1 amide bonds. The molecule has 4 aromatic rings. The normalized spacial score (nSPS) is 12.7. The van der Waals surface area contributed by atoms with Gasteiger partial charge in [-0.1, -0.05) is 60.7 Å². The molecule has 0 aliphatic heterocycles. The van der Waals surface area contributed by atoms with Crippen LogP contribution < -0.4 is 5.32 Å². The van der Waals surface area contributed by atoms with Gasteiger partial charge in [0.2, 0.25) is 5.91 Å². The summed E-state index contributed by atoms with van der Waals surface area (Å²) in [4.78, 5) is 16.7. The zero-order valence-corrected chi connectivity index (χ0v) is 15.7. The first kappa shape index (κ1) is 17.2. The van der Waals surface area contributed by atoms with Crippen molar-refractivity contribution in [1.29, 1.82) is 0 Å². The van der Waals surface area contributed by atoms with E-state index in [9.17, 15) is 4.79 Å². The van der Waals surface area contributed by atoms with Crippen LogP contribution in [0.4, 0.5) is 0 Å². The van der Waals surface area contributed by atoms with E-state index in [2.05, 4.69) is 34.6 Å². The summed E-state index contributed by atoms with van der Waals surface area (Å²) < 4.78 is 1.94. The van der Waals surface area contributed by atoms with Gasteiger partial charge in [0.1, 0.15) is 0 Å². The van der Waals surface area contributed by atoms with E-state index in [1.54, 1.807) is 18.6 Å². The van der Waals surface area contributed by atoms with Gasteiger partial charge in [-0.15, -0.1) is 0 Å². The molecule has 0 fully saturated rings. The topological polar surface area (TPSA) is 46.9 Å². The summed E-state index contributed by atoms with van der Waals surface area (Å²) in [7, 11) is 0. The third-order valence-corrected chi connectivity index (χ3v) is 5.24. The molecule has 0 spiro atoms. The maximum absolute atomic E-state index is 12.6. The van der Waals surface area contributed by atoms with Crippen LogP contribution in [0.2, 0.25) is 0 Å². The molecule has 1 aliphatic carbocycles. The van der Waals surface area contributed by atoms with Gasteiger partial charge in [-0.25, -0.2) is 4.98 Å². The highest BCUT2D eigenvalue weighted by molar-refractivity contribution is 5.93. The summed E-state index contributed by atoms with van der Waals surface area (Å²) in [5.74, 6) is -0.111. The zero-order chi connectivity index (χ0) is 19.6. The van der Waals surface area contributed by atoms with Crippen molar-refractivity contribution in [2.24, 2.45) is 0 Å². The third kappa shape index (κ3) is 3.25. The molecule has 3 aromatic carbocycles. The Morgan fingerprint density at radius 1 is 0.897 bits per heavy atom. The highest BCUT2D eigenvalue weighted by atomic mass is 16.1. The van der Waals surface area contributed by atoms with Crippen molar-refractivity contribution in [2.45, 2.75) is 6.04 Å². The number of rotatable bonds is 4. The van der Waals surface area contributed by atoms with Crippen LogP contribution in [-0.2, 0) is 4.79 Å². The van der Waals surface area contributed by atoms with Crippen LogP contribution in [-0.4, -0.2) is 15.5 Å². The number of nitrogens with one attached hydrogen (secondary N) is 1. The SMILES string of the molecule is O=C(C=Cc1ccc(-n2ccnc2)cc1)NC1c2ccccc2-c2ccccc21. The van der Waals surface area contributed by atoms with Gasteiger partial charge in [-0.3, -0.25) is 4.79 Å². The Morgan fingerprint density at radius 3 is 2.17 bits per heavy atom. The molecule has 0 bridgehead atoms. The molecule has 0 atom stereocenters. The van der Waals surface area contributed by atoms with Crippen LogP contribution in [0.1, 0.15) is 22.7 Å². The molecule has 1 aliphatic rings. The van der Waals surface area contributed by atoms with Gasteiger partial charge in [0.15, 0.2) is 0 Å². The van der Waals surface area contributed by atoms with Crippen LogP contribution in [0.15, 0.2) is 97.6 Å². The Balaban J connectivity index is 1.33. The van der Waals surface area contributed by atoms with E-state index in [-0.39, 0.29) is 11.9 Å². The number of fused-ring (bicyclic) bond motifs is 3. The van der Waals surface area contributed by atoms with Gasteiger partial charge in [0, 0.05) is 24.2 Å². The number of benzene rings is 3. The molecule has 1 aromatic heterocycles. The van der Waals surface area contributed by atoms with E-state index < -0.39 is 0 Å². The first-order valence-electron chi connectivity index (χ1n) is 9.55. The fourth-order valence-electron chi connectivity index (χ4n) is 3.84. The number of hydrogen-bond acceptors (Lipinski definition) is 2. The van der Waals surface area contributed by atoms with Crippen LogP contribution in [0.5, 0.6) is 0 Å². The lowest BCUT2D eigenvalue weighted by atomic mass is 10.1. The maximum atomic E-state index is 12.6. The smallest absolute Gasteiger partial charge is 0.244 e. The second-order valence-corrected chi connectivity index (χ2v) is 7.01. The summed E-state index contributed by atoms with van der Waals surface area (Å²) >= 11 is 0. The standard InChI is InChI=1S/C25H19N3O/c29-24(14-11-18-9-12-19(13-10-18)28-16-15-26-17-28)27-25-22-7-3-1-5-20(22)21-6-2-4-8-23(21)25/h1-17,25H,(H,27,29). The number of nitrogens with zero attached hydrogens (tertiary/aromatic N) is 2. The third-order valence-electron chi connectivity index (χ3n) is 5.24. The van der Waals surface area contributed by atoms with E-state index in [0.717, 1.165) is 22.4 Å². The fourth-order valence-corrected chi connectivity index (χ4v) is 3.84. The molecule has 0 saturated heterocycles. The minimum atomic E-state index is -0.122. The lowest BCUT2D eigenvalue weighted by Gasteiger charge is -2.14. The fraction of sp³-hybridized carbons (Fsp3) is 0.0400. The minimum absolute atomic E-state index is 0.111. The molecular formula is C25H19N3O. The van der Waals surface area contributed by atoms with Gasteiger partial charge in [-0.05, 0) is 46.0 Å². The van der Waals surface area contributed by atoms with Crippen LogP contribution in [0.25, 0.3) is 22.9 Å². The molecule has 1 heterocycles. The Labute approximate surface area is 169 Å². The minimum Gasteiger partial charge on any atom is -0.342 e. The number of imidazole rings is 1. The van der Waals surface area contributed by atoms with Crippen molar-refractivity contribution in [1.82, 2.24) is 14.9 Å². The average molecular weight is 377 g/mol. The lowest BCUT2D eigenvalue weighted by Crippen LogP contribution is -2.26. The number of carbonyl (C=O) groups is 1.